The first kappa shape index (κ1) is 23.2. The molecule has 2 fully saturated rings. The second-order valence-corrected chi connectivity index (χ2v) is 10.5. The predicted molar refractivity (Wildman–Crippen MR) is 138 cm³/mol. The first-order chi connectivity index (χ1) is 17.5. The van der Waals surface area contributed by atoms with Crippen LogP contribution in [-0.2, 0) is 17.6 Å². The fraction of sp³-hybridized carbons (Fsp3) is 0.483. The van der Waals surface area contributed by atoms with Gasteiger partial charge >= 0.3 is 0 Å². The van der Waals surface area contributed by atoms with E-state index in [2.05, 4.69) is 24.0 Å². The number of rotatable bonds is 4. The van der Waals surface area contributed by atoms with Crippen LogP contribution in [0.15, 0.2) is 36.4 Å². The molecule has 1 amide bonds. The Balaban J connectivity index is 1.04. The highest BCUT2D eigenvalue weighted by Gasteiger charge is 2.32. The molecule has 1 aromatic heterocycles. The summed E-state index contributed by atoms with van der Waals surface area (Å²) in [5.41, 5.74) is 4.96. The quantitative estimate of drug-likeness (QED) is 0.525. The molecule has 6 rings (SSSR count). The third-order valence-corrected chi connectivity index (χ3v) is 8.09. The minimum atomic E-state index is -0.265. The van der Waals surface area contributed by atoms with Crippen molar-refractivity contribution in [3.05, 3.63) is 59.0 Å². The number of aromatic nitrogens is 2. The molecule has 0 spiro atoms. The van der Waals surface area contributed by atoms with Gasteiger partial charge in [0.05, 0.1) is 11.2 Å². The number of carbonyl (C=O) groups is 1. The van der Waals surface area contributed by atoms with E-state index >= 15 is 0 Å². The average molecular weight is 489 g/mol. The topological polar surface area (TPSA) is 58.6 Å². The molecular weight excluding hydrogens is 455 g/mol. The lowest BCUT2D eigenvalue weighted by molar-refractivity contribution is -0.138. The summed E-state index contributed by atoms with van der Waals surface area (Å²) in [4.78, 5) is 27.2. The Bertz CT molecular complexity index is 1260. The molecule has 0 saturated carbocycles. The summed E-state index contributed by atoms with van der Waals surface area (Å²) in [6, 6.07) is 10.7. The normalized spacial score (nSPS) is 19.1. The molecule has 0 atom stereocenters. The van der Waals surface area contributed by atoms with E-state index in [4.69, 9.17) is 14.7 Å². The highest BCUT2D eigenvalue weighted by atomic mass is 19.1. The minimum Gasteiger partial charge on any atom is -0.490 e. The first-order valence-electron chi connectivity index (χ1n) is 13.3. The molecule has 1 aliphatic carbocycles. The van der Waals surface area contributed by atoms with Crippen LogP contribution < -0.4 is 9.64 Å². The van der Waals surface area contributed by atoms with E-state index in [-0.39, 0.29) is 23.7 Å². The molecule has 188 valence electrons. The molecule has 2 aromatic carbocycles. The minimum absolute atomic E-state index is 0.0561. The van der Waals surface area contributed by atoms with Gasteiger partial charge in [-0.05, 0) is 86.6 Å². The number of piperidine rings is 2. The van der Waals surface area contributed by atoms with Gasteiger partial charge < -0.3 is 14.5 Å². The molecule has 3 aliphatic rings. The number of hydrogen-bond donors (Lipinski definition) is 0. The van der Waals surface area contributed by atoms with E-state index in [1.54, 1.807) is 12.1 Å². The molecule has 36 heavy (non-hydrogen) atoms. The molecule has 3 aromatic rings. The van der Waals surface area contributed by atoms with Gasteiger partial charge in [0.25, 0.3) is 0 Å². The van der Waals surface area contributed by atoms with Crippen LogP contribution >= 0.6 is 0 Å². The van der Waals surface area contributed by atoms with Crippen molar-refractivity contribution in [3.63, 3.8) is 0 Å². The Hall–Kier alpha value is -3.22. The van der Waals surface area contributed by atoms with Gasteiger partial charge in [-0.15, -0.1) is 0 Å². The number of amides is 1. The van der Waals surface area contributed by atoms with Crippen LogP contribution in [0.3, 0.4) is 0 Å². The van der Waals surface area contributed by atoms with E-state index in [1.807, 2.05) is 4.90 Å². The Morgan fingerprint density at radius 1 is 0.944 bits per heavy atom. The molecule has 2 aliphatic heterocycles. The van der Waals surface area contributed by atoms with E-state index in [9.17, 15) is 9.18 Å². The molecule has 0 bridgehead atoms. The second-order valence-electron chi connectivity index (χ2n) is 10.5. The maximum absolute atomic E-state index is 13.2. The number of ether oxygens (including phenoxy) is 1. The highest BCUT2D eigenvalue weighted by molar-refractivity contribution is 5.84. The summed E-state index contributed by atoms with van der Waals surface area (Å²) in [5, 5.41) is 1.16. The number of likely N-dealkylation sites (tertiary alicyclic amines) is 1. The number of carbonyl (C=O) groups excluding carboxylic acids is 1. The van der Waals surface area contributed by atoms with Gasteiger partial charge in [0, 0.05) is 50.3 Å². The SMILES string of the molecule is Cc1nc(N2CCC(C(=O)N3CCC(Oc4ccc(F)cc4)CC3)CC2)nc2cc3c(cc12)CCC3. The third-order valence-electron chi connectivity index (χ3n) is 8.09. The zero-order chi connectivity index (χ0) is 24.6. The number of aryl methyl sites for hydroxylation is 3. The van der Waals surface area contributed by atoms with Crippen molar-refractivity contribution < 1.29 is 13.9 Å². The third kappa shape index (κ3) is 4.63. The van der Waals surface area contributed by atoms with Crippen LogP contribution in [0.2, 0.25) is 0 Å². The maximum Gasteiger partial charge on any atom is 0.226 e. The summed E-state index contributed by atoms with van der Waals surface area (Å²) in [5.74, 6) is 1.53. The molecular formula is C29H33FN4O2. The predicted octanol–water partition coefficient (Wildman–Crippen LogP) is 4.85. The summed E-state index contributed by atoms with van der Waals surface area (Å²) < 4.78 is 19.1. The summed E-state index contributed by atoms with van der Waals surface area (Å²) in [7, 11) is 0. The summed E-state index contributed by atoms with van der Waals surface area (Å²) in [6.07, 6.45) is 6.86. The van der Waals surface area contributed by atoms with Gasteiger partial charge in [0.2, 0.25) is 11.9 Å². The fourth-order valence-electron chi connectivity index (χ4n) is 5.96. The van der Waals surface area contributed by atoms with Crippen LogP contribution in [0.1, 0.15) is 48.9 Å². The smallest absolute Gasteiger partial charge is 0.226 e. The first-order valence-corrected chi connectivity index (χ1v) is 13.3. The van der Waals surface area contributed by atoms with Crippen LogP contribution in [0.4, 0.5) is 10.3 Å². The molecule has 6 nitrogen and oxygen atoms in total. The number of benzene rings is 2. The van der Waals surface area contributed by atoms with Crippen molar-refractivity contribution in [2.24, 2.45) is 5.92 Å². The largest absolute Gasteiger partial charge is 0.490 e. The van der Waals surface area contributed by atoms with Crippen molar-refractivity contribution in [1.29, 1.82) is 0 Å². The average Bonchev–Trinajstić information content (AvgIpc) is 3.37. The molecule has 0 N–H and O–H groups in total. The van der Waals surface area contributed by atoms with Gasteiger partial charge in [0.15, 0.2) is 0 Å². The molecule has 0 radical (unpaired) electrons. The molecule has 2 saturated heterocycles. The highest BCUT2D eigenvalue weighted by Crippen LogP contribution is 2.30. The Labute approximate surface area is 211 Å². The number of anilines is 1. The monoisotopic (exact) mass is 488 g/mol. The number of nitrogens with zero attached hydrogens (tertiary/aromatic N) is 4. The van der Waals surface area contributed by atoms with E-state index in [0.29, 0.717) is 18.8 Å². The van der Waals surface area contributed by atoms with E-state index in [0.717, 1.165) is 74.2 Å². The molecule has 7 heteroatoms. The van der Waals surface area contributed by atoms with Crippen LogP contribution in [-0.4, -0.2) is 53.1 Å². The lowest BCUT2D eigenvalue weighted by Crippen LogP contribution is -2.47. The van der Waals surface area contributed by atoms with Gasteiger partial charge in [0.1, 0.15) is 17.7 Å². The van der Waals surface area contributed by atoms with Crippen molar-refractivity contribution >= 4 is 22.8 Å². The second kappa shape index (κ2) is 9.68. The maximum atomic E-state index is 13.2. The number of fused-ring (bicyclic) bond motifs is 2. The van der Waals surface area contributed by atoms with Gasteiger partial charge in [-0.3, -0.25) is 4.79 Å². The Morgan fingerprint density at radius 3 is 2.36 bits per heavy atom. The van der Waals surface area contributed by atoms with Crippen molar-refractivity contribution in [2.45, 2.75) is 58.0 Å². The van der Waals surface area contributed by atoms with Crippen molar-refractivity contribution in [2.75, 3.05) is 31.1 Å². The van der Waals surface area contributed by atoms with Crippen LogP contribution in [0, 0.1) is 18.7 Å². The Morgan fingerprint density at radius 2 is 1.64 bits per heavy atom. The van der Waals surface area contributed by atoms with Gasteiger partial charge in [-0.1, -0.05) is 0 Å². The van der Waals surface area contributed by atoms with E-state index in [1.165, 1.54) is 29.7 Å². The van der Waals surface area contributed by atoms with Gasteiger partial charge in [-0.2, -0.15) is 0 Å². The van der Waals surface area contributed by atoms with Crippen LogP contribution in [0.5, 0.6) is 5.75 Å². The standard InChI is InChI=1S/C29H33FN4O2/c1-19-26-17-21-3-2-4-22(21)18-27(26)32-29(31-19)34-13-9-20(10-14-34)28(35)33-15-11-25(12-16-33)36-24-7-5-23(30)6-8-24/h5-8,17-18,20,25H,2-4,9-16H2,1H3. The lowest BCUT2D eigenvalue weighted by Gasteiger charge is -2.37. The number of halogens is 1. The van der Waals surface area contributed by atoms with E-state index < -0.39 is 0 Å². The lowest BCUT2D eigenvalue weighted by atomic mass is 9.94. The van der Waals surface area contributed by atoms with Crippen molar-refractivity contribution in [3.8, 4) is 5.75 Å². The van der Waals surface area contributed by atoms with Crippen molar-refractivity contribution in [1.82, 2.24) is 14.9 Å². The zero-order valence-corrected chi connectivity index (χ0v) is 20.9. The summed E-state index contributed by atoms with van der Waals surface area (Å²) in [6.45, 7) is 5.10. The van der Waals surface area contributed by atoms with Gasteiger partial charge in [-0.25, -0.2) is 14.4 Å². The van der Waals surface area contributed by atoms with Crippen LogP contribution in [0.25, 0.3) is 10.9 Å². The number of hydrogen-bond acceptors (Lipinski definition) is 5. The molecule has 3 heterocycles. The summed E-state index contributed by atoms with van der Waals surface area (Å²) >= 11 is 0. The zero-order valence-electron chi connectivity index (χ0n) is 20.9. The molecule has 0 unspecified atom stereocenters. The fourth-order valence-corrected chi connectivity index (χ4v) is 5.96. The Kier molecular flexibility index (Phi) is 6.23.